The molecule has 1 saturated carbocycles. The summed E-state index contributed by atoms with van der Waals surface area (Å²) in [5, 5.41) is 5.25. The molecule has 2 aliphatic carbocycles. The third kappa shape index (κ3) is 2.35. The molecule has 5 nitrogen and oxygen atoms in total. The summed E-state index contributed by atoms with van der Waals surface area (Å²) in [6.45, 7) is 3.92. The highest BCUT2D eigenvalue weighted by molar-refractivity contribution is 6.06. The normalized spacial score (nSPS) is 30.9. The van der Waals surface area contributed by atoms with Gasteiger partial charge in [-0.15, -0.1) is 0 Å². The van der Waals surface area contributed by atoms with Crippen LogP contribution in [0.4, 0.5) is 0 Å². The van der Waals surface area contributed by atoms with Crippen molar-refractivity contribution in [2.45, 2.75) is 26.4 Å². The van der Waals surface area contributed by atoms with Crippen LogP contribution in [0, 0.1) is 23.7 Å². The molecule has 1 aromatic carbocycles. The molecule has 0 radical (unpaired) electrons. The molecule has 0 spiro atoms. The lowest BCUT2D eigenvalue weighted by molar-refractivity contribution is -0.140. The van der Waals surface area contributed by atoms with Crippen molar-refractivity contribution in [2.24, 2.45) is 28.8 Å². The average molecular weight is 324 g/mol. The third-order valence-corrected chi connectivity index (χ3v) is 5.00. The summed E-state index contributed by atoms with van der Waals surface area (Å²) in [6, 6.07) is 7.46. The van der Waals surface area contributed by atoms with E-state index in [9.17, 15) is 9.59 Å². The summed E-state index contributed by atoms with van der Waals surface area (Å²) in [5.74, 6) is 0.423. The molecule has 2 amide bonds. The van der Waals surface area contributed by atoms with Crippen molar-refractivity contribution in [1.82, 2.24) is 5.01 Å². The molecule has 2 bridgehead atoms. The summed E-state index contributed by atoms with van der Waals surface area (Å²) in [6.07, 6.45) is 6.73. The quantitative estimate of drug-likeness (QED) is 0.486. The van der Waals surface area contributed by atoms with Gasteiger partial charge in [0.05, 0.1) is 24.2 Å². The van der Waals surface area contributed by atoms with Crippen molar-refractivity contribution in [3.63, 3.8) is 0 Å². The number of carbonyl (C=O) groups is 2. The maximum Gasteiger partial charge on any atom is 0.254 e. The van der Waals surface area contributed by atoms with Gasteiger partial charge in [-0.2, -0.15) is 10.1 Å². The molecule has 4 rings (SSSR count). The lowest BCUT2D eigenvalue weighted by Gasteiger charge is -2.13. The van der Waals surface area contributed by atoms with Crippen LogP contribution < -0.4 is 4.74 Å². The van der Waals surface area contributed by atoms with Gasteiger partial charge in [-0.05, 0) is 49.8 Å². The minimum absolute atomic E-state index is 0.0845. The number of allylic oxidation sites excluding steroid dienone is 2. The number of hydrogen-bond acceptors (Lipinski definition) is 4. The van der Waals surface area contributed by atoms with Crippen LogP contribution in [-0.4, -0.2) is 29.1 Å². The lowest BCUT2D eigenvalue weighted by atomic mass is 9.85. The third-order valence-electron chi connectivity index (χ3n) is 5.00. The smallest absolute Gasteiger partial charge is 0.254 e. The van der Waals surface area contributed by atoms with Crippen molar-refractivity contribution in [2.75, 3.05) is 0 Å². The Morgan fingerprint density at radius 2 is 1.83 bits per heavy atom. The monoisotopic (exact) mass is 324 g/mol. The molecule has 4 unspecified atom stereocenters. The number of hydrazone groups is 1. The number of rotatable bonds is 4. The molecule has 5 heteroatoms. The number of amides is 2. The van der Waals surface area contributed by atoms with Gasteiger partial charge in [0.25, 0.3) is 11.8 Å². The first-order chi connectivity index (χ1) is 11.5. The standard InChI is InChI=1S/C19H20N2O3/c1-11(2)24-15-5-3-4-12(8-15)10-20-21-18(22)16-13-6-7-14(9-13)17(16)19(21)23/h3-8,10-11,13-14,16-17H,9H2,1-2H3. The Labute approximate surface area is 141 Å². The van der Waals surface area contributed by atoms with Crippen LogP contribution in [0.1, 0.15) is 25.8 Å². The Morgan fingerprint density at radius 1 is 1.17 bits per heavy atom. The van der Waals surface area contributed by atoms with Gasteiger partial charge >= 0.3 is 0 Å². The van der Waals surface area contributed by atoms with Crippen LogP contribution in [0.3, 0.4) is 0 Å². The Balaban J connectivity index is 1.53. The van der Waals surface area contributed by atoms with Gasteiger partial charge in [0.1, 0.15) is 5.75 Å². The summed E-state index contributed by atoms with van der Waals surface area (Å²) in [5.41, 5.74) is 0.798. The molecule has 3 aliphatic rings. The zero-order valence-electron chi connectivity index (χ0n) is 13.8. The fraction of sp³-hybridized carbons (Fsp3) is 0.421. The molecule has 1 aliphatic heterocycles. The minimum Gasteiger partial charge on any atom is -0.491 e. The van der Waals surface area contributed by atoms with Gasteiger partial charge in [-0.3, -0.25) is 9.59 Å². The molecule has 1 saturated heterocycles. The Hall–Kier alpha value is -2.43. The first kappa shape index (κ1) is 15.1. The van der Waals surface area contributed by atoms with Crippen LogP contribution in [0.5, 0.6) is 5.75 Å². The molecule has 0 aromatic heterocycles. The van der Waals surface area contributed by atoms with Gasteiger partial charge in [-0.1, -0.05) is 24.3 Å². The molecule has 2 fully saturated rings. The average Bonchev–Trinajstić information content (AvgIpc) is 3.20. The fourth-order valence-electron chi connectivity index (χ4n) is 4.07. The van der Waals surface area contributed by atoms with E-state index in [2.05, 4.69) is 17.3 Å². The van der Waals surface area contributed by atoms with Crippen molar-refractivity contribution < 1.29 is 14.3 Å². The molecular weight excluding hydrogens is 304 g/mol. The number of nitrogens with zero attached hydrogens (tertiary/aromatic N) is 2. The van der Waals surface area contributed by atoms with E-state index < -0.39 is 0 Å². The second-order valence-electron chi connectivity index (χ2n) is 6.97. The van der Waals surface area contributed by atoms with E-state index in [1.54, 1.807) is 6.21 Å². The van der Waals surface area contributed by atoms with E-state index in [-0.39, 0.29) is 41.6 Å². The molecular formula is C19H20N2O3. The largest absolute Gasteiger partial charge is 0.491 e. The SMILES string of the molecule is CC(C)Oc1cccc(C=NN2C(=O)C3C4C=CC(C4)C3C2=O)c1. The van der Waals surface area contributed by atoms with Crippen LogP contribution in [0.15, 0.2) is 41.5 Å². The van der Waals surface area contributed by atoms with E-state index >= 15 is 0 Å². The van der Waals surface area contributed by atoms with Crippen molar-refractivity contribution >= 4 is 18.0 Å². The highest BCUT2D eigenvalue weighted by Gasteiger charge is 2.59. The number of benzene rings is 1. The molecule has 124 valence electrons. The predicted octanol–water partition coefficient (Wildman–Crippen LogP) is 2.61. The van der Waals surface area contributed by atoms with Crippen LogP contribution >= 0.6 is 0 Å². The predicted molar refractivity (Wildman–Crippen MR) is 89.4 cm³/mol. The Kier molecular flexibility index (Phi) is 3.52. The van der Waals surface area contributed by atoms with Gasteiger partial charge in [0.15, 0.2) is 0 Å². The van der Waals surface area contributed by atoms with Gasteiger partial charge < -0.3 is 4.74 Å². The maximum absolute atomic E-state index is 12.6. The summed E-state index contributed by atoms with van der Waals surface area (Å²) in [4.78, 5) is 25.1. The lowest BCUT2D eigenvalue weighted by Crippen LogP contribution is -2.28. The van der Waals surface area contributed by atoms with Crippen molar-refractivity contribution in [3.05, 3.63) is 42.0 Å². The number of imide groups is 1. The minimum atomic E-state index is -0.208. The molecule has 4 atom stereocenters. The van der Waals surface area contributed by atoms with E-state index in [1.165, 1.54) is 0 Å². The van der Waals surface area contributed by atoms with Crippen LogP contribution in [0.2, 0.25) is 0 Å². The highest BCUT2D eigenvalue weighted by Crippen LogP contribution is 2.52. The van der Waals surface area contributed by atoms with Crippen LogP contribution in [0.25, 0.3) is 0 Å². The summed E-state index contributed by atoms with van der Waals surface area (Å²) in [7, 11) is 0. The Morgan fingerprint density at radius 3 is 2.46 bits per heavy atom. The van der Waals surface area contributed by atoms with E-state index in [0.717, 1.165) is 22.7 Å². The van der Waals surface area contributed by atoms with Gasteiger partial charge in [-0.25, -0.2) is 0 Å². The van der Waals surface area contributed by atoms with E-state index in [0.29, 0.717) is 0 Å². The number of ether oxygens (including phenoxy) is 1. The molecule has 1 aromatic rings. The summed E-state index contributed by atoms with van der Waals surface area (Å²) < 4.78 is 5.65. The number of carbonyl (C=O) groups excluding carboxylic acids is 2. The summed E-state index contributed by atoms with van der Waals surface area (Å²) >= 11 is 0. The second kappa shape index (κ2) is 5.58. The number of hydrogen-bond donors (Lipinski definition) is 0. The molecule has 24 heavy (non-hydrogen) atoms. The molecule has 1 heterocycles. The molecule has 0 N–H and O–H groups in total. The zero-order chi connectivity index (χ0) is 16.8. The number of fused-ring (bicyclic) bond motifs is 5. The first-order valence-corrected chi connectivity index (χ1v) is 8.41. The van der Waals surface area contributed by atoms with Crippen molar-refractivity contribution in [3.8, 4) is 5.75 Å². The topological polar surface area (TPSA) is 59.0 Å². The van der Waals surface area contributed by atoms with Crippen LogP contribution in [-0.2, 0) is 9.59 Å². The van der Waals surface area contributed by atoms with Crippen molar-refractivity contribution in [1.29, 1.82) is 0 Å². The second-order valence-corrected chi connectivity index (χ2v) is 6.97. The van der Waals surface area contributed by atoms with Gasteiger partial charge in [0, 0.05) is 0 Å². The van der Waals surface area contributed by atoms with E-state index in [1.807, 2.05) is 38.1 Å². The first-order valence-electron chi connectivity index (χ1n) is 8.41. The zero-order valence-corrected chi connectivity index (χ0v) is 13.8. The van der Waals surface area contributed by atoms with Gasteiger partial charge in [0.2, 0.25) is 0 Å². The fourth-order valence-corrected chi connectivity index (χ4v) is 4.07. The Bertz CT molecular complexity index is 723. The van der Waals surface area contributed by atoms with E-state index in [4.69, 9.17) is 4.74 Å². The highest BCUT2D eigenvalue weighted by atomic mass is 16.5. The maximum atomic E-state index is 12.6.